The summed E-state index contributed by atoms with van der Waals surface area (Å²) in [4.78, 5) is 11.6. The molecular formula is C14H16N6S2. The summed E-state index contributed by atoms with van der Waals surface area (Å²) < 4.78 is 1.88. The molecular weight excluding hydrogens is 316 g/mol. The van der Waals surface area contributed by atoms with Gasteiger partial charge in [-0.25, -0.2) is 14.6 Å². The van der Waals surface area contributed by atoms with E-state index in [1.807, 2.05) is 16.0 Å². The Labute approximate surface area is 136 Å². The number of aryl methyl sites for hydroxylation is 3. The van der Waals surface area contributed by atoms with Crippen LogP contribution in [0.1, 0.15) is 36.0 Å². The molecule has 3 heterocycles. The number of hydrogen-bond acceptors (Lipinski definition) is 7. The molecule has 1 aliphatic carbocycles. The average molecular weight is 332 g/mol. The topological polar surface area (TPSA) is 69.4 Å². The molecule has 3 aromatic rings. The van der Waals surface area contributed by atoms with Crippen LogP contribution < -0.4 is 0 Å². The first-order valence-corrected chi connectivity index (χ1v) is 9.30. The Morgan fingerprint density at radius 1 is 1.32 bits per heavy atom. The largest absolute Gasteiger partial charge is 0.229 e. The van der Waals surface area contributed by atoms with Gasteiger partial charge in [-0.1, -0.05) is 18.7 Å². The number of thioether (sulfide) groups is 1. The second-order valence-electron chi connectivity index (χ2n) is 5.32. The van der Waals surface area contributed by atoms with E-state index in [-0.39, 0.29) is 0 Å². The highest BCUT2D eigenvalue weighted by Crippen LogP contribution is 2.40. The van der Waals surface area contributed by atoms with Crippen molar-refractivity contribution in [2.75, 3.05) is 0 Å². The highest BCUT2D eigenvalue weighted by atomic mass is 32.2. The van der Waals surface area contributed by atoms with Crippen molar-refractivity contribution in [1.82, 2.24) is 30.2 Å². The van der Waals surface area contributed by atoms with Gasteiger partial charge in [0.2, 0.25) is 0 Å². The van der Waals surface area contributed by atoms with Crippen LogP contribution in [0.2, 0.25) is 0 Å². The van der Waals surface area contributed by atoms with Gasteiger partial charge in [-0.3, -0.25) is 0 Å². The number of fused-ring (bicyclic) bond motifs is 3. The SMILES string of the molecule is CCCn1nnnc1CSc1ncnc2sc3c(c12)CCC3. The molecule has 6 nitrogen and oxygen atoms in total. The summed E-state index contributed by atoms with van der Waals surface area (Å²) in [5.74, 6) is 1.65. The molecule has 22 heavy (non-hydrogen) atoms. The van der Waals surface area contributed by atoms with Crippen molar-refractivity contribution in [2.24, 2.45) is 0 Å². The second kappa shape index (κ2) is 5.92. The van der Waals surface area contributed by atoms with Gasteiger partial charge in [0.05, 0.1) is 5.75 Å². The normalized spacial score (nSPS) is 13.9. The van der Waals surface area contributed by atoms with Gasteiger partial charge < -0.3 is 0 Å². The molecule has 0 saturated carbocycles. The van der Waals surface area contributed by atoms with Crippen LogP contribution in [-0.2, 0) is 25.1 Å². The smallest absolute Gasteiger partial charge is 0.161 e. The van der Waals surface area contributed by atoms with Crippen molar-refractivity contribution in [3.05, 3.63) is 22.6 Å². The molecule has 0 aromatic carbocycles. The summed E-state index contributed by atoms with van der Waals surface area (Å²) in [6.45, 7) is 2.98. The number of aromatic nitrogens is 6. The molecule has 0 saturated heterocycles. The Morgan fingerprint density at radius 3 is 3.18 bits per heavy atom. The zero-order valence-corrected chi connectivity index (χ0v) is 14.0. The summed E-state index contributed by atoms with van der Waals surface area (Å²) >= 11 is 3.54. The van der Waals surface area contributed by atoms with Crippen molar-refractivity contribution in [3.63, 3.8) is 0 Å². The van der Waals surface area contributed by atoms with E-state index < -0.39 is 0 Å². The van der Waals surface area contributed by atoms with Crippen molar-refractivity contribution >= 4 is 33.3 Å². The van der Waals surface area contributed by atoms with Gasteiger partial charge in [0.25, 0.3) is 0 Å². The fourth-order valence-electron chi connectivity index (χ4n) is 2.85. The van der Waals surface area contributed by atoms with E-state index in [2.05, 4.69) is 32.4 Å². The zero-order valence-electron chi connectivity index (χ0n) is 12.3. The van der Waals surface area contributed by atoms with Gasteiger partial charge >= 0.3 is 0 Å². The number of nitrogens with zero attached hydrogens (tertiary/aromatic N) is 6. The Morgan fingerprint density at radius 2 is 2.27 bits per heavy atom. The van der Waals surface area contributed by atoms with Crippen LogP contribution in [0.3, 0.4) is 0 Å². The van der Waals surface area contributed by atoms with Gasteiger partial charge in [0.1, 0.15) is 16.2 Å². The maximum Gasteiger partial charge on any atom is 0.161 e. The molecule has 0 bridgehead atoms. The number of tetrazole rings is 1. The molecule has 0 amide bonds. The molecule has 114 valence electrons. The highest BCUT2D eigenvalue weighted by Gasteiger charge is 2.21. The van der Waals surface area contributed by atoms with Crippen molar-refractivity contribution in [3.8, 4) is 0 Å². The van der Waals surface area contributed by atoms with E-state index in [4.69, 9.17) is 0 Å². The Bertz CT molecular complexity index is 809. The minimum Gasteiger partial charge on any atom is -0.229 e. The fraction of sp³-hybridized carbons (Fsp3) is 0.500. The maximum absolute atomic E-state index is 4.51. The second-order valence-corrected chi connectivity index (χ2v) is 7.37. The predicted molar refractivity (Wildman–Crippen MR) is 87.1 cm³/mol. The lowest BCUT2D eigenvalue weighted by atomic mass is 10.2. The lowest BCUT2D eigenvalue weighted by molar-refractivity contribution is 0.564. The van der Waals surface area contributed by atoms with Crippen LogP contribution in [0.5, 0.6) is 0 Å². The van der Waals surface area contributed by atoms with E-state index in [0.29, 0.717) is 0 Å². The summed E-state index contributed by atoms with van der Waals surface area (Å²) in [6, 6.07) is 0. The molecule has 0 spiro atoms. The maximum atomic E-state index is 4.51. The van der Waals surface area contributed by atoms with Crippen LogP contribution in [-0.4, -0.2) is 30.2 Å². The third kappa shape index (κ3) is 2.40. The molecule has 0 aliphatic heterocycles. The molecule has 0 fully saturated rings. The summed E-state index contributed by atoms with van der Waals surface area (Å²) in [5.41, 5.74) is 1.47. The number of thiophene rings is 1. The van der Waals surface area contributed by atoms with Crippen molar-refractivity contribution in [1.29, 1.82) is 0 Å². The Hall–Kier alpha value is -1.54. The quantitative estimate of drug-likeness (QED) is 0.528. The fourth-order valence-corrected chi connectivity index (χ4v) is 5.11. The number of hydrogen-bond donors (Lipinski definition) is 0. The summed E-state index contributed by atoms with van der Waals surface area (Å²) in [5, 5.41) is 14.3. The van der Waals surface area contributed by atoms with Crippen molar-refractivity contribution < 1.29 is 0 Å². The van der Waals surface area contributed by atoms with Crippen molar-refractivity contribution in [2.45, 2.75) is 49.9 Å². The first-order valence-electron chi connectivity index (χ1n) is 7.50. The molecule has 0 N–H and O–H groups in total. The van der Waals surface area contributed by atoms with Gasteiger partial charge in [-0.05, 0) is 41.7 Å². The van der Waals surface area contributed by atoms with Gasteiger partial charge in [-0.2, -0.15) is 0 Å². The first kappa shape index (κ1) is 14.1. The molecule has 4 rings (SSSR count). The summed E-state index contributed by atoms with van der Waals surface area (Å²) in [6.07, 6.45) is 6.30. The van der Waals surface area contributed by atoms with Crippen LogP contribution in [0.4, 0.5) is 0 Å². The lowest BCUT2D eigenvalue weighted by Gasteiger charge is -2.04. The van der Waals surface area contributed by atoms with E-state index in [1.165, 1.54) is 28.7 Å². The summed E-state index contributed by atoms with van der Waals surface area (Å²) in [7, 11) is 0. The van der Waals surface area contributed by atoms with Gasteiger partial charge in [0.15, 0.2) is 5.82 Å². The van der Waals surface area contributed by atoms with Crippen LogP contribution in [0, 0.1) is 0 Å². The molecule has 0 radical (unpaired) electrons. The van der Waals surface area contributed by atoms with Crippen LogP contribution in [0.15, 0.2) is 11.4 Å². The molecule has 3 aromatic heterocycles. The lowest BCUT2D eigenvalue weighted by Crippen LogP contribution is -2.04. The third-order valence-corrected chi connectivity index (χ3v) is 6.03. The molecule has 1 aliphatic rings. The zero-order chi connectivity index (χ0) is 14.9. The highest BCUT2D eigenvalue weighted by molar-refractivity contribution is 7.98. The van der Waals surface area contributed by atoms with Gasteiger partial charge in [-0.15, -0.1) is 16.4 Å². The third-order valence-electron chi connectivity index (χ3n) is 3.85. The minimum absolute atomic E-state index is 0.740. The molecule has 8 heteroatoms. The van der Waals surface area contributed by atoms with E-state index >= 15 is 0 Å². The average Bonchev–Trinajstić information content (AvgIpc) is 3.20. The number of rotatable bonds is 5. The first-order chi connectivity index (χ1) is 10.9. The predicted octanol–water partition coefficient (Wildman–Crippen LogP) is 2.87. The van der Waals surface area contributed by atoms with Crippen LogP contribution in [0.25, 0.3) is 10.2 Å². The van der Waals surface area contributed by atoms with E-state index in [0.717, 1.165) is 40.8 Å². The molecule has 0 unspecified atom stereocenters. The molecule has 0 atom stereocenters. The van der Waals surface area contributed by atoms with E-state index in [9.17, 15) is 0 Å². The Balaban J connectivity index is 1.63. The monoisotopic (exact) mass is 332 g/mol. The Kier molecular flexibility index (Phi) is 3.79. The standard InChI is InChI=1S/C14H16N6S2/c1-2-6-20-11(17-18-19-20)7-21-13-12-9-4-3-5-10(9)22-14(12)16-8-15-13/h8H,2-7H2,1H3. The van der Waals surface area contributed by atoms with Gasteiger partial charge in [0, 0.05) is 16.8 Å². The minimum atomic E-state index is 0.740. The van der Waals surface area contributed by atoms with E-state index in [1.54, 1.807) is 18.1 Å². The van der Waals surface area contributed by atoms with Crippen LogP contribution >= 0.6 is 23.1 Å².